The molecule has 0 aliphatic carbocycles. The number of hydrogen-bond donors (Lipinski definition) is 1. The summed E-state index contributed by atoms with van der Waals surface area (Å²) < 4.78 is 6.40. The molecule has 1 N–H and O–H groups in total. The van der Waals surface area contributed by atoms with Gasteiger partial charge in [-0.1, -0.05) is 65.0 Å². The molecule has 0 unspecified atom stereocenters. The van der Waals surface area contributed by atoms with Crippen molar-refractivity contribution in [1.82, 2.24) is 0 Å². The topological polar surface area (TPSA) is 29.5 Å². The summed E-state index contributed by atoms with van der Waals surface area (Å²) in [5, 5.41) is 10.5. The minimum atomic E-state index is -1.83. The summed E-state index contributed by atoms with van der Waals surface area (Å²) in [4.78, 5) is 0. The van der Waals surface area contributed by atoms with E-state index in [4.69, 9.17) is 4.43 Å². The average molecular weight is 361 g/mol. The van der Waals surface area contributed by atoms with Crippen LogP contribution in [0, 0.1) is 0 Å². The van der Waals surface area contributed by atoms with Crippen LogP contribution in [-0.2, 0) is 0 Å². The fourth-order valence-electron chi connectivity index (χ4n) is 2.21. The largest absolute Gasteiger partial charge is 0.543 e. The molecular weight excluding hydrogens is 324 g/mol. The molecule has 2 nitrogen and oxygen atoms in total. The van der Waals surface area contributed by atoms with E-state index in [1.165, 1.54) is 0 Å². The highest BCUT2D eigenvalue weighted by atomic mass is 28.4. The van der Waals surface area contributed by atoms with Crippen LogP contribution in [0.25, 0.3) is 5.57 Å². The molecule has 0 bridgehead atoms. The maximum absolute atomic E-state index is 10.3. The van der Waals surface area contributed by atoms with Gasteiger partial charge in [0.1, 0.15) is 5.75 Å². The number of aliphatic hydroxyl groups is 1. The van der Waals surface area contributed by atoms with Gasteiger partial charge in [-0.05, 0) is 61.2 Å². The van der Waals surface area contributed by atoms with Crippen LogP contribution < -0.4 is 4.43 Å². The standard InChI is InChI=1S/C22H36O2Si/c1-9-22(23,10-2)16-12-13-18(3)19-14-11-15-20(17-19)24-25(7,8)21(4,5)6/h11-17,23H,9-10H2,1-8H3/b16-12+,18-13?. The van der Waals surface area contributed by atoms with E-state index in [0.717, 1.165) is 29.7 Å². The van der Waals surface area contributed by atoms with Crippen molar-refractivity contribution in [1.29, 1.82) is 0 Å². The van der Waals surface area contributed by atoms with E-state index in [1.54, 1.807) is 0 Å². The van der Waals surface area contributed by atoms with E-state index >= 15 is 0 Å². The monoisotopic (exact) mass is 360 g/mol. The Morgan fingerprint density at radius 3 is 2.28 bits per heavy atom. The fraction of sp³-hybridized carbons (Fsp3) is 0.545. The zero-order valence-corrected chi connectivity index (χ0v) is 18.3. The Labute approximate surface area is 155 Å². The van der Waals surface area contributed by atoms with Gasteiger partial charge in [0.15, 0.2) is 0 Å². The molecule has 0 atom stereocenters. The van der Waals surface area contributed by atoms with Crippen molar-refractivity contribution in [3.05, 3.63) is 48.1 Å². The molecule has 0 saturated carbocycles. The first-order chi connectivity index (χ1) is 11.4. The quantitative estimate of drug-likeness (QED) is 0.439. The molecule has 0 aliphatic rings. The molecular formula is C22H36O2Si. The van der Waals surface area contributed by atoms with Gasteiger partial charge in [0.05, 0.1) is 5.60 Å². The molecule has 0 radical (unpaired) electrons. The van der Waals surface area contributed by atoms with Crippen molar-refractivity contribution in [2.75, 3.05) is 0 Å². The van der Waals surface area contributed by atoms with Gasteiger partial charge < -0.3 is 9.53 Å². The summed E-state index contributed by atoms with van der Waals surface area (Å²) in [6, 6.07) is 8.31. The summed E-state index contributed by atoms with van der Waals surface area (Å²) in [6.07, 6.45) is 7.36. The van der Waals surface area contributed by atoms with Crippen LogP contribution in [0.4, 0.5) is 0 Å². The Hall–Kier alpha value is -1.32. The number of benzene rings is 1. The molecule has 0 aliphatic heterocycles. The Bertz CT molecular complexity index is 617. The number of hydrogen-bond acceptors (Lipinski definition) is 2. The van der Waals surface area contributed by atoms with Gasteiger partial charge in [0.2, 0.25) is 8.32 Å². The second-order valence-corrected chi connectivity index (χ2v) is 13.1. The second-order valence-electron chi connectivity index (χ2n) is 8.41. The highest BCUT2D eigenvalue weighted by Gasteiger charge is 2.38. The van der Waals surface area contributed by atoms with Crippen LogP contribution >= 0.6 is 0 Å². The smallest absolute Gasteiger partial charge is 0.250 e. The van der Waals surface area contributed by atoms with Crippen LogP contribution in [0.5, 0.6) is 5.75 Å². The molecule has 3 heteroatoms. The van der Waals surface area contributed by atoms with Gasteiger partial charge >= 0.3 is 0 Å². The van der Waals surface area contributed by atoms with E-state index < -0.39 is 13.9 Å². The minimum Gasteiger partial charge on any atom is -0.543 e. The predicted octanol–water partition coefficient (Wildman–Crippen LogP) is 6.58. The molecule has 1 rings (SSSR count). The summed E-state index contributed by atoms with van der Waals surface area (Å²) in [7, 11) is -1.83. The first-order valence-corrected chi connectivity index (χ1v) is 12.2. The summed E-state index contributed by atoms with van der Waals surface area (Å²) in [6.45, 7) is 17.4. The number of rotatable bonds is 7. The molecule has 0 heterocycles. The van der Waals surface area contributed by atoms with Crippen molar-refractivity contribution < 1.29 is 9.53 Å². The normalized spacial score (nSPS) is 14.2. The first-order valence-electron chi connectivity index (χ1n) is 9.32. The van der Waals surface area contributed by atoms with Crippen molar-refractivity contribution in [2.24, 2.45) is 0 Å². The fourth-order valence-corrected chi connectivity index (χ4v) is 3.23. The third-order valence-corrected chi connectivity index (χ3v) is 9.80. The molecule has 1 aromatic rings. The third kappa shape index (κ3) is 6.16. The SMILES string of the molecule is CCC(O)(/C=C/C=C(C)c1cccc(O[Si](C)(C)C(C)(C)C)c1)CC. The van der Waals surface area contributed by atoms with E-state index in [1.807, 2.05) is 38.1 Å². The second kappa shape index (κ2) is 8.37. The zero-order chi connectivity index (χ0) is 19.3. The van der Waals surface area contributed by atoms with E-state index in [-0.39, 0.29) is 5.04 Å². The Balaban J connectivity index is 2.97. The lowest BCUT2D eigenvalue weighted by Crippen LogP contribution is -2.43. The lowest BCUT2D eigenvalue weighted by Gasteiger charge is -2.36. The highest BCUT2D eigenvalue weighted by molar-refractivity contribution is 6.74. The molecule has 0 saturated heterocycles. The molecule has 0 aromatic heterocycles. The third-order valence-electron chi connectivity index (χ3n) is 5.45. The molecule has 0 amide bonds. The Morgan fingerprint density at radius 1 is 1.16 bits per heavy atom. The minimum absolute atomic E-state index is 0.182. The molecule has 0 fully saturated rings. The molecule has 1 aromatic carbocycles. The maximum Gasteiger partial charge on any atom is 0.250 e. The highest BCUT2D eigenvalue weighted by Crippen LogP contribution is 2.37. The Kier molecular flexibility index (Phi) is 7.27. The lowest BCUT2D eigenvalue weighted by molar-refractivity contribution is 0.0828. The van der Waals surface area contributed by atoms with Crippen molar-refractivity contribution in [3.8, 4) is 5.75 Å². The zero-order valence-electron chi connectivity index (χ0n) is 17.3. The average Bonchev–Trinajstić information content (AvgIpc) is 2.53. The predicted molar refractivity (Wildman–Crippen MR) is 113 cm³/mol. The van der Waals surface area contributed by atoms with Crippen molar-refractivity contribution in [2.45, 2.75) is 78.1 Å². The van der Waals surface area contributed by atoms with Gasteiger partial charge in [0.25, 0.3) is 0 Å². The molecule has 140 valence electrons. The summed E-state index contributed by atoms with van der Waals surface area (Å²) in [5.74, 6) is 0.944. The summed E-state index contributed by atoms with van der Waals surface area (Å²) >= 11 is 0. The van der Waals surface area contributed by atoms with Crippen LogP contribution in [0.2, 0.25) is 18.1 Å². The number of allylic oxidation sites excluding steroid dienone is 3. The van der Waals surface area contributed by atoms with Crippen LogP contribution in [0.3, 0.4) is 0 Å². The van der Waals surface area contributed by atoms with Gasteiger partial charge in [-0.3, -0.25) is 0 Å². The van der Waals surface area contributed by atoms with Crippen LogP contribution in [-0.4, -0.2) is 19.0 Å². The van der Waals surface area contributed by atoms with Gasteiger partial charge in [0, 0.05) is 0 Å². The van der Waals surface area contributed by atoms with Crippen molar-refractivity contribution >= 4 is 13.9 Å². The van der Waals surface area contributed by atoms with Crippen LogP contribution in [0.15, 0.2) is 42.5 Å². The molecule has 0 spiro atoms. The van der Waals surface area contributed by atoms with Gasteiger partial charge in [-0.15, -0.1) is 0 Å². The summed E-state index contributed by atoms with van der Waals surface area (Å²) in [5.41, 5.74) is 1.60. The van der Waals surface area contributed by atoms with E-state index in [9.17, 15) is 5.11 Å². The van der Waals surface area contributed by atoms with Crippen LogP contribution in [0.1, 0.15) is 59.9 Å². The molecule has 25 heavy (non-hydrogen) atoms. The maximum atomic E-state index is 10.3. The first kappa shape index (κ1) is 21.7. The Morgan fingerprint density at radius 2 is 1.76 bits per heavy atom. The van der Waals surface area contributed by atoms with Gasteiger partial charge in [-0.2, -0.15) is 0 Å². The van der Waals surface area contributed by atoms with Crippen molar-refractivity contribution in [3.63, 3.8) is 0 Å². The van der Waals surface area contributed by atoms with Gasteiger partial charge in [-0.25, -0.2) is 0 Å². The van der Waals surface area contributed by atoms with E-state index in [2.05, 4.69) is 59.0 Å². The van der Waals surface area contributed by atoms with E-state index in [0.29, 0.717) is 0 Å². The lowest BCUT2D eigenvalue weighted by atomic mass is 9.96.